The largest absolute Gasteiger partial charge is 0.484 e. The van der Waals surface area contributed by atoms with Crippen molar-refractivity contribution in [1.82, 2.24) is 9.97 Å². The minimum atomic E-state index is -4.44. The van der Waals surface area contributed by atoms with Crippen LogP contribution in [0.3, 0.4) is 0 Å². The van der Waals surface area contributed by atoms with Crippen LogP contribution in [0, 0.1) is 0 Å². The van der Waals surface area contributed by atoms with Gasteiger partial charge < -0.3 is 9.15 Å². The maximum absolute atomic E-state index is 12.9. The lowest BCUT2D eigenvalue weighted by Crippen LogP contribution is -2.06. The van der Waals surface area contributed by atoms with Crippen molar-refractivity contribution < 1.29 is 22.3 Å². The number of halogens is 3. The first-order valence-electron chi connectivity index (χ1n) is 6.00. The standard InChI is InChI=1S/C14H9F3N2O2/c15-14(16,17)12-3-1-2-9-4-10(6-19-13(9)12)20-7-11-5-18-8-21-11/h1-6,8H,7H2. The van der Waals surface area contributed by atoms with E-state index in [0.717, 1.165) is 6.07 Å². The maximum Gasteiger partial charge on any atom is 0.418 e. The second-order valence-corrected chi connectivity index (χ2v) is 4.30. The van der Waals surface area contributed by atoms with Crippen molar-refractivity contribution in [3.05, 3.63) is 54.4 Å². The van der Waals surface area contributed by atoms with Crippen LogP contribution in [0.25, 0.3) is 10.9 Å². The highest BCUT2D eigenvalue weighted by Gasteiger charge is 2.33. The SMILES string of the molecule is FC(F)(F)c1cccc2cc(OCc3cnco3)cnc12. The van der Waals surface area contributed by atoms with Gasteiger partial charge in [-0.25, -0.2) is 4.98 Å². The van der Waals surface area contributed by atoms with Gasteiger partial charge in [-0.15, -0.1) is 0 Å². The number of aromatic nitrogens is 2. The molecule has 0 saturated heterocycles. The van der Waals surface area contributed by atoms with E-state index in [2.05, 4.69) is 9.97 Å². The van der Waals surface area contributed by atoms with Crippen LogP contribution in [0.15, 0.2) is 47.5 Å². The van der Waals surface area contributed by atoms with E-state index in [0.29, 0.717) is 16.9 Å². The highest BCUT2D eigenvalue weighted by atomic mass is 19.4. The van der Waals surface area contributed by atoms with Gasteiger partial charge in [0.2, 0.25) is 0 Å². The summed E-state index contributed by atoms with van der Waals surface area (Å²) in [4.78, 5) is 7.59. The molecule has 0 spiro atoms. The highest BCUT2D eigenvalue weighted by molar-refractivity contribution is 5.83. The third-order valence-corrected chi connectivity index (χ3v) is 2.86. The van der Waals surface area contributed by atoms with Gasteiger partial charge >= 0.3 is 6.18 Å². The molecule has 108 valence electrons. The van der Waals surface area contributed by atoms with E-state index in [9.17, 15) is 13.2 Å². The van der Waals surface area contributed by atoms with Crippen LogP contribution in [0.2, 0.25) is 0 Å². The smallest absolute Gasteiger partial charge is 0.418 e. The van der Waals surface area contributed by atoms with Crippen LogP contribution in [-0.2, 0) is 12.8 Å². The lowest BCUT2D eigenvalue weighted by Gasteiger charge is -2.10. The molecule has 0 aliphatic rings. The van der Waals surface area contributed by atoms with Crippen molar-refractivity contribution in [2.45, 2.75) is 12.8 Å². The second-order valence-electron chi connectivity index (χ2n) is 4.30. The van der Waals surface area contributed by atoms with Crippen LogP contribution in [-0.4, -0.2) is 9.97 Å². The van der Waals surface area contributed by atoms with Gasteiger partial charge in [0.05, 0.1) is 23.5 Å². The molecule has 0 bridgehead atoms. The summed E-state index contributed by atoms with van der Waals surface area (Å²) in [7, 11) is 0. The summed E-state index contributed by atoms with van der Waals surface area (Å²) >= 11 is 0. The summed E-state index contributed by atoms with van der Waals surface area (Å²) in [6.07, 6.45) is -0.411. The van der Waals surface area contributed by atoms with Gasteiger partial charge in [0.25, 0.3) is 0 Å². The van der Waals surface area contributed by atoms with Crippen molar-refractivity contribution >= 4 is 10.9 Å². The van der Waals surface area contributed by atoms with Gasteiger partial charge in [0, 0.05) is 5.39 Å². The normalized spacial score (nSPS) is 11.8. The average Bonchev–Trinajstić information content (AvgIpc) is 2.96. The fraction of sp³-hybridized carbons (Fsp3) is 0.143. The van der Waals surface area contributed by atoms with Crippen molar-refractivity contribution in [3.63, 3.8) is 0 Å². The van der Waals surface area contributed by atoms with Crippen LogP contribution in [0.4, 0.5) is 13.2 Å². The van der Waals surface area contributed by atoms with Crippen molar-refractivity contribution in [2.24, 2.45) is 0 Å². The number of alkyl halides is 3. The number of hydrogen-bond donors (Lipinski definition) is 0. The monoisotopic (exact) mass is 294 g/mol. The fourth-order valence-corrected chi connectivity index (χ4v) is 1.92. The number of oxazole rings is 1. The van der Waals surface area contributed by atoms with E-state index in [1.54, 1.807) is 6.07 Å². The number of fused-ring (bicyclic) bond motifs is 1. The Hall–Kier alpha value is -2.57. The maximum atomic E-state index is 12.9. The van der Waals surface area contributed by atoms with Gasteiger partial charge in [-0.1, -0.05) is 12.1 Å². The van der Waals surface area contributed by atoms with Crippen LogP contribution < -0.4 is 4.74 Å². The lowest BCUT2D eigenvalue weighted by atomic mass is 10.1. The molecule has 3 rings (SSSR count). The predicted molar refractivity (Wildman–Crippen MR) is 67.6 cm³/mol. The molecule has 0 aliphatic heterocycles. The fourth-order valence-electron chi connectivity index (χ4n) is 1.92. The summed E-state index contributed by atoms with van der Waals surface area (Å²) in [5, 5.41) is 0.361. The molecule has 0 saturated carbocycles. The predicted octanol–water partition coefficient (Wildman–Crippen LogP) is 3.82. The van der Waals surface area contributed by atoms with E-state index in [1.165, 1.54) is 30.9 Å². The number of pyridine rings is 1. The zero-order valence-corrected chi connectivity index (χ0v) is 10.6. The number of hydrogen-bond acceptors (Lipinski definition) is 4. The molecular weight excluding hydrogens is 285 g/mol. The van der Waals surface area contributed by atoms with Gasteiger partial charge in [-0.3, -0.25) is 4.98 Å². The van der Waals surface area contributed by atoms with Gasteiger partial charge in [0.1, 0.15) is 12.4 Å². The Balaban J connectivity index is 1.90. The third-order valence-electron chi connectivity index (χ3n) is 2.86. The molecule has 0 amide bonds. The summed E-state index contributed by atoms with van der Waals surface area (Å²) in [5.41, 5.74) is -0.862. The molecule has 2 aromatic heterocycles. The van der Waals surface area contributed by atoms with E-state index < -0.39 is 11.7 Å². The van der Waals surface area contributed by atoms with E-state index in [4.69, 9.17) is 9.15 Å². The van der Waals surface area contributed by atoms with Crippen LogP contribution in [0.5, 0.6) is 5.75 Å². The third kappa shape index (κ3) is 2.81. The summed E-state index contributed by atoms with van der Waals surface area (Å²) in [5.74, 6) is 0.873. The summed E-state index contributed by atoms with van der Waals surface area (Å²) in [6, 6.07) is 5.41. The Morgan fingerprint density at radius 3 is 2.76 bits per heavy atom. The van der Waals surface area contributed by atoms with E-state index in [1.807, 2.05) is 0 Å². The molecule has 0 atom stereocenters. The Bertz CT molecular complexity index is 755. The van der Waals surface area contributed by atoms with Crippen molar-refractivity contribution in [1.29, 1.82) is 0 Å². The second kappa shape index (κ2) is 5.08. The lowest BCUT2D eigenvalue weighted by molar-refractivity contribution is -0.136. The van der Waals surface area contributed by atoms with E-state index >= 15 is 0 Å². The highest BCUT2D eigenvalue weighted by Crippen LogP contribution is 2.34. The Kier molecular flexibility index (Phi) is 3.25. The van der Waals surface area contributed by atoms with Crippen molar-refractivity contribution in [2.75, 3.05) is 0 Å². The number of rotatable bonds is 3. The molecule has 0 fully saturated rings. The molecular formula is C14H9F3N2O2. The molecule has 0 unspecified atom stereocenters. The van der Waals surface area contributed by atoms with Gasteiger partial charge in [0.15, 0.2) is 12.2 Å². The Morgan fingerprint density at radius 1 is 1.19 bits per heavy atom. The first-order chi connectivity index (χ1) is 10.0. The summed E-state index contributed by atoms with van der Waals surface area (Å²) in [6.45, 7) is 0.131. The molecule has 3 aromatic rings. The molecule has 0 N–H and O–H groups in total. The molecule has 0 aliphatic carbocycles. The van der Waals surface area contributed by atoms with Gasteiger partial charge in [-0.2, -0.15) is 13.2 Å². The molecule has 4 nitrogen and oxygen atoms in total. The number of para-hydroxylation sites is 1. The quantitative estimate of drug-likeness (QED) is 0.736. The molecule has 1 aromatic carbocycles. The number of nitrogens with zero attached hydrogens (tertiary/aromatic N) is 2. The minimum Gasteiger partial charge on any atom is -0.484 e. The first kappa shape index (κ1) is 13.4. The molecule has 2 heterocycles. The van der Waals surface area contributed by atoms with Crippen LogP contribution >= 0.6 is 0 Å². The number of benzene rings is 1. The van der Waals surface area contributed by atoms with Crippen molar-refractivity contribution in [3.8, 4) is 5.75 Å². The number of ether oxygens (including phenoxy) is 1. The Morgan fingerprint density at radius 2 is 2.05 bits per heavy atom. The topological polar surface area (TPSA) is 48.2 Å². The van der Waals surface area contributed by atoms with Gasteiger partial charge in [-0.05, 0) is 12.1 Å². The van der Waals surface area contributed by atoms with Crippen LogP contribution in [0.1, 0.15) is 11.3 Å². The summed E-state index contributed by atoms with van der Waals surface area (Å²) < 4.78 is 49.0. The first-order valence-corrected chi connectivity index (χ1v) is 6.00. The minimum absolute atomic E-state index is 0.1000. The molecule has 0 radical (unpaired) electrons. The molecule has 7 heteroatoms. The zero-order valence-electron chi connectivity index (χ0n) is 10.6. The van der Waals surface area contributed by atoms with E-state index in [-0.39, 0.29) is 12.1 Å². The Labute approximate surface area is 117 Å². The molecule has 21 heavy (non-hydrogen) atoms. The average molecular weight is 294 g/mol. The zero-order chi connectivity index (χ0) is 14.9.